The number of piperidine rings is 1. The number of aromatic nitrogens is 2. The van der Waals surface area contributed by atoms with Crippen LogP contribution in [0.1, 0.15) is 45.4 Å². The summed E-state index contributed by atoms with van der Waals surface area (Å²) in [5.74, 6) is -1.58. The summed E-state index contributed by atoms with van der Waals surface area (Å²) in [6, 6.07) is 3.55. The number of likely N-dealkylation sites (tertiary alicyclic amines) is 1. The summed E-state index contributed by atoms with van der Waals surface area (Å²) in [6.07, 6.45) is 1.08. The summed E-state index contributed by atoms with van der Waals surface area (Å²) >= 11 is 0. The summed E-state index contributed by atoms with van der Waals surface area (Å²) in [7, 11) is 0. The molecule has 8 heteroatoms. The van der Waals surface area contributed by atoms with Crippen LogP contribution in [-0.2, 0) is 4.74 Å². The van der Waals surface area contributed by atoms with Crippen molar-refractivity contribution in [2.24, 2.45) is 0 Å². The zero-order chi connectivity index (χ0) is 18.9. The predicted octanol–water partition coefficient (Wildman–Crippen LogP) is 4.13. The Hall–Kier alpha value is -2.51. The Morgan fingerprint density at radius 1 is 1.31 bits per heavy atom. The number of ether oxygens (including phenoxy) is 1. The molecule has 0 N–H and O–H groups in total. The Kier molecular flexibility index (Phi) is 4.93. The molecule has 1 aromatic heterocycles. The van der Waals surface area contributed by atoms with Gasteiger partial charge in [0.15, 0.2) is 0 Å². The van der Waals surface area contributed by atoms with Crippen molar-refractivity contribution in [2.75, 3.05) is 13.1 Å². The number of hydrogen-bond donors (Lipinski definition) is 0. The van der Waals surface area contributed by atoms with Gasteiger partial charge in [-0.15, -0.1) is 0 Å². The van der Waals surface area contributed by atoms with Gasteiger partial charge in [0, 0.05) is 13.1 Å². The fourth-order valence-corrected chi connectivity index (χ4v) is 2.89. The minimum atomic E-state index is -0.753. The fraction of sp³-hybridized carbons (Fsp3) is 0.500. The van der Waals surface area contributed by atoms with E-state index in [1.165, 1.54) is 6.07 Å². The third-order valence-electron chi connectivity index (χ3n) is 4.05. The molecule has 0 aliphatic carbocycles. The minimum absolute atomic E-state index is 0.134. The van der Waals surface area contributed by atoms with E-state index in [0.717, 1.165) is 25.0 Å². The van der Waals surface area contributed by atoms with Crippen molar-refractivity contribution < 1.29 is 22.8 Å². The van der Waals surface area contributed by atoms with Crippen LogP contribution in [-0.4, -0.2) is 39.8 Å². The Balaban J connectivity index is 1.76. The summed E-state index contributed by atoms with van der Waals surface area (Å²) in [6.45, 7) is 6.35. The lowest BCUT2D eigenvalue weighted by Gasteiger charge is -2.32. The van der Waals surface area contributed by atoms with E-state index in [4.69, 9.17) is 9.26 Å². The second-order valence-electron chi connectivity index (χ2n) is 7.32. The van der Waals surface area contributed by atoms with Gasteiger partial charge in [-0.3, -0.25) is 0 Å². The first-order valence-corrected chi connectivity index (χ1v) is 8.50. The molecule has 1 aromatic carbocycles. The number of amides is 1. The molecule has 0 spiro atoms. The molecule has 0 bridgehead atoms. The van der Waals surface area contributed by atoms with Gasteiger partial charge in [0.25, 0.3) is 0 Å². The molecule has 26 heavy (non-hydrogen) atoms. The number of nitrogens with zero attached hydrogens (tertiary/aromatic N) is 3. The Morgan fingerprint density at radius 2 is 2.00 bits per heavy atom. The molecule has 0 saturated carbocycles. The summed E-state index contributed by atoms with van der Waals surface area (Å²) in [5, 5.41) is 3.71. The number of rotatable bonds is 2. The Bertz CT molecular complexity index is 781. The maximum absolute atomic E-state index is 13.9. The summed E-state index contributed by atoms with van der Waals surface area (Å²) < 4.78 is 38.4. The van der Waals surface area contributed by atoms with Crippen LogP contribution in [0, 0.1) is 11.6 Å². The van der Waals surface area contributed by atoms with Gasteiger partial charge in [-0.1, -0.05) is 11.2 Å². The molecular weight excluding hydrogens is 344 g/mol. The molecule has 140 valence electrons. The van der Waals surface area contributed by atoms with E-state index in [0.29, 0.717) is 13.1 Å². The van der Waals surface area contributed by atoms with Crippen LogP contribution in [0.2, 0.25) is 0 Å². The third-order valence-corrected chi connectivity index (χ3v) is 4.05. The zero-order valence-electron chi connectivity index (χ0n) is 15.0. The maximum atomic E-state index is 13.9. The second-order valence-corrected chi connectivity index (χ2v) is 7.32. The van der Waals surface area contributed by atoms with Crippen LogP contribution in [0.4, 0.5) is 13.6 Å². The minimum Gasteiger partial charge on any atom is -0.444 e. The summed E-state index contributed by atoms with van der Waals surface area (Å²) in [4.78, 5) is 18.0. The molecule has 1 amide bonds. The largest absolute Gasteiger partial charge is 0.444 e. The van der Waals surface area contributed by atoms with Crippen molar-refractivity contribution in [3.05, 3.63) is 35.7 Å². The molecule has 2 aromatic rings. The van der Waals surface area contributed by atoms with E-state index in [1.54, 1.807) is 25.7 Å². The molecule has 1 fully saturated rings. The molecular formula is C18H21F2N3O3. The van der Waals surface area contributed by atoms with E-state index in [1.807, 2.05) is 0 Å². The van der Waals surface area contributed by atoms with Crippen LogP contribution in [0.25, 0.3) is 11.4 Å². The predicted molar refractivity (Wildman–Crippen MR) is 89.4 cm³/mol. The highest BCUT2D eigenvalue weighted by atomic mass is 19.1. The van der Waals surface area contributed by atoms with Crippen molar-refractivity contribution in [1.82, 2.24) is 15.0 Å². The van der Waals surface area contributed by atoms with Crippen LogP contribution in [0.15, 0.2) is 22.7 Å². The van der Waals surface area contributed by atoms with Crippen molar-refractivity contribution in [3.63, 3.8) is 0 Å². The first-order valence-electron chi connectivity index (χ1n) is 8.50. The zero-order valence-corrected chi connectivity index (χ0v) is 15.0. The molecule has 0 unspecified atom stereocenters. The Labute approximate surface area is 150 Å². The maximum Gasteiger partial charge on any atom is 0.410 e. The number of hydrogen-bond acceptors (Lipinski definition) is 5. The number of carbonyl (C=O) groups is 1. The van der Waals surface area contributed by atoms with E-state index in [2.05, 4.69) is 10.1 Å². The first kappa shape index (κ1) is 18.3. The van der Waals surface area contributed by atoms with Gasteiger partial charge in [0.05, 0.1) is 11.5 Å². The molecule has 6 nitrogen and oxygen atoms in total. The fourth-order valence-electron chi connectivity index (χ4n) is 2.89. The van der Waals surface area contributed by atoms with Gasteiger partial charge in [0.2, 0.25) is 11.7 Å². The van der Waals surface area contributed by atoms with Crippen molar-refractivity contribution in [3.8, 4) is 11.4 Å². The standard InChI is InChI=1S/C18H21F2N3O3/c1-18(2,3)25-17(24)23-9-5-6-11(10-23)16-21-15(22-26-16)14-12(19)7-4-8-13(14)20/h4,7-8,11H,5-6,9-10H2,1-3H3/t11-/m0/s1. The van der Waals surface area contributed by atoms with Gasteiger partial charge in [-0.25, -0.2) is 13.6 Å². The van der Waals surface area contributed by atoms with E-state index >= 15 is 0 Å². The van der Waals surface area contributed by atoms with Gasteiger partial charge in [-0.05, 0) is 45.7 Å². The molecule has 1 saturated heterocycles. The molecule has 1 atom stereocenters. The smallest absolute Gasteiger partial charge is 0.410 e. The molecule has 3 rings (SSSR count). The number of carbonyl (C=O) groups excluding carboxylic acids is 1. The third kappa shape index (κ3) is 4.00. The molecule has 1 aliphatic rings. The first-order chi connectivity index (χ1) is 12.2. The van der Waals surface area contributed by atoms with Crippen LogP contribution < -0.4 is 0 Å². The van der Waals surface area contributed by atoms with Crippen LogP contribution in [0.5, 0.6) is 0 Å². The lowest BCUT2D eigenvalue weighted by Crippen LogP contribution is -2.42. The highest BCUT2D eigenvalue weighted by Gasteiger charge is 2.31. The lowest BCUT2D eigenvalue weighted by molar-refractivity contribution is 0.0189. The average Bonchev–Trinajstić information content (AvgIpc) is 3.03. The van der Waals surface area contributed by atoms with E-state index in [-0.39, 0.29) is 23.2 Å². The van der Waals surface area contributed by atoms with Crippen molar-refractivity contribution >= 4 is 6.09 Å². The van der Waals surface area contributed by atoms with Gasteiger partial charge in [0.1, 0.15) is 17.2 Å². The van der Waals surface area contributed by atoms with Gasteiger partial charge >= 0.3 is 6.09 Å². The van der Waals surface area contributed by atoms with E-state index in [9.17, 15) is 13.6 Å². The quantitative estimate of drug-likeness (QED) is 0.800. The average molecular weight is 365 g/mol. The molecule has 0 radical (unpaired) electrons. The molecule has 2 heterocycles. The van der Waals surface area contributed by atoms with Crippen LogP contribution in [0.3, 0.4) is 0 Å². The topological polar surface area (TPSA) is 68.5 Å². The van der Waals surface area contributed by atoms with Crippen molar-refractivity contribution in [2.45, 2.75) is 45.1 Å². The van der Waals surface area contributed by atoms with Crippen molar-refractivity contribution in [1.29, 1.82) is 0 Å². The van der Waals surface area contributed by atoms with Gasteiger partial charge in [-0.2, -0.15) is 4.98 Å². The normalized spacial score (nSPS) is 18.0. The molecule has 1 aliphatic heterocycles. The van der Waals surface area contributed by atoms with Gasteiger partial charge < -0.3 is 14.2 Å². The Morgan fingerprint density at radius 3 is 2.65 bits per heavy atom. The highest BCUT2D eigenvalue weighted by Crippen LogP contribution is 2.30. The number of halogens is 2. The summed E-state index contributed by atoms with van der Waals surface area (Å²) in [5.41, 5.74) is -0.897. The SMILES string of the molecule is CC(C)(C)OC(=O)N1CCC[C@H](c2nc(-c3c(F)cccc3F)no2)C1. The lowest BCUT2D eigenvalue weighted by atomic mass is 9.98. The van der Waals surface area contributed by atoms with E-state index < -0.39 is 23.3 Å². The highest BCUT2D eigenvalue weighted by molar-refractivity contribution is 5.68. The van der Waals surface area contributed by atoms with Crippen LogP contribution >= 0.6 is 0 Å². The number of benzene rings is 1. The second kappa shape index (κ2) is 7.01. The monoisotopic (exact) mass is 365 g/mol.